The molecule has 0 aliphatic carbocycles. The molecule has 2 aromatic heterocycles. The molecule has 0 unspecified atom stereocenters. The summed E-state index contributed by atoms with van der Waals surface area (Å²) in [6.45, 7) is 5.80. The summed E-state index contributed by atoms with van der Waals surface area (Å²) in [5.41, 5.74) is 14.6. The van der Waals surface area contributed by atoms with Crippen LogP contribution in [0.3, 0.4) is 0 Å². The van der Waals surface area contributed by atoms with Crippen LogP contribution in [-0.2, 0) is 11.8 Å². The molecule has 8 aromatic rings. The van der Waals surface area contributed by atoms with Gasteiger partial charge in [-0.15, -0.1) is 0 Å². The first-order valence-electron chi connectivity index (χ1n) is 15.6. The third-order valence-electron chi connectivity index (χ3n) is 10.3. The van der Waals surface area contributed by atoms with E-state index in [1.807, 2.05) is 0 Å². The van der Waals surface area contributed by atoms with Gasteiger partial charge in [0.15, 0.2) is 0 Å². The lowest BCUT2D eigenvalue weighted by molar-refractivity contribution is 0.630. The Labute approximate surface area is 255 Å². The van der Waals surface area contributed by atoms with E-state index in [0.29, 0.717) is 0 Å². The Balaban J connectivity index is 1.17. The molecule has 0 saturated heterocycles. The smallest absolute Gasteiger partial charge is 0.145 e. The van der Waals surface area contributed by atoms with Gasteiger partial charge in [-0.1, -0.05) is 86.6 Å². The van der Waals surface area contributed by atoms with E-state index in [2.05, 4.69) is 145 Å². The van der Waals surface area contributed by atoms with Crippen LogP contribution in [0.25, 0.3) is 60.6 Å². The van der Waals surface area contributed by atoms with Gasteiger partial charge >= 0.3 is 0 Å². The van der Waals surface area contributed by atoms with E-state index in [1.54, 1.807) is 0 Å². The number of fused-ring (bicyclic) bond motifs is 10. The first kappa shape index (κ1) is 24.2. The minimum atomic E-state index is -0.209. The first-order chi connectivity index (χ1) is 21.6. The van der Waals surface area contributed by atoms with Crippen molar-refractivity contribution >= 4 is 55.1 Å². The summed E-state index contributed by atoms with van der Waals surface area (Å²) < 4.78 is 9.07. The lowest BCUT2D eigenvalue weighted by atomic mass is 9.73. The molecule has 0 bridgehead atoms. The summed E-state index contributed by atoms with van der Waals surface area (Å²) in [6.07, 6.45) is 1.10. The van der Waals surface area contributed by atoms with Gasteiger partial charge in [-0.25, -0.2) is 0 Å². The molecular formula is C41H30N2O. The number of rotatable bonds is 2. The number of hydrogen-bond acceptors (Lipinski definition) is 2. The first-order valence-corrected chi connectivity index (χ1v) is 15.6. The van der Waals surface area contributed by atoms with Crippen LogP contribution in [0, 0.1) is 0 Å². The number of nitrogens with zero attached hydrogens (tertiary/aromatic N) is 2. The van der Waals surface area contributed by atoms with Crippen LogP contribution in [0.2, 0.25) is 0 Å². The summed E-state index contributed by atoms with van der Waals surface area (Å²) in [7, 11) is 0. The number of furan rings is 1. The highest BCUT2D eigenvalue weighted by Crippen LogP contribution is 2.51. The molecule has 0 atom stereocenters. The standard InChI is InChI=1S/C41H30N2O/c1-41(2)32-23-27(25-15-18-28(19-16-25)42-22-21-26-9-3-6-12-34(26)42)17-20-36(32)43-35-13-7-4-11-30(35)38-39(43)33(41)24-31-29-10-5-8-14-37(29)44-40(31)38/h3-20,23-24H,21-22H2,1-2H3. The maximum Gasteiger partial charge on any atom is 0.145 e. The number of hydrogen-bond donors (Lipinski definition) is 0. The molecule has 0 saturated carbocycles. The van der Waals surface area contributed by atoms with Crippen molar-refractivity contribution < 1.29 is 4.42 Å². The fourth-order valence-corrected chi connectivity index (χ4v) is 8.06. The minimum Gasteiger partial charge on any atom is -0.455 e. The SMILES string of the molecule is CC1(C)c2cc(-c3ccc(N4CCc5ccccc54)cc3)ccc2-n2c3ccccc3c3c4oc5ccccc5c4cc1c32. The summed E-state index contributed by atoms with van der Waals surface area (Å²) >= 11 is 0. The van der Waals surface area contributed by atoms with Gasteiger partial charge in [0.2, 0.25) is 0 Å². The zero-order valence-electron chi connectivity index (χ0n) is 24.8. The monoisotopic (exact) mass is 566 g/mol. The van der Waals surface area contributed by atoms with Crippen molar-refractivity contribution in [1.82, 2.24) is 4.57 Å². The van der Waals surface area contributed by atoms with E-state index < -0.39 is 0 Å². The average Bonchev–Trinajstić information content (AvgIpc) is 3.76. The summed E-state index contributed by atoms with van der Waals surface area (Å²) in [5.74, 6) is 0. The van der Waals surface area contributed by atoms with Crippen molar-refractivity contribution in [3.05, 3.63) is 138 Å². The molecule has 210 valence electrons. The van der Waals surface area contributed by atoms with Crippen LogP contribution in [0.1, 0.15) is 30.5 Å². The summed E-state index contributed by atoms with van der Waals surface area (Å²) in [5, 5.41) is 4.82. The van der Waals surface area contributed by atoms with E-state index >= 15 is 0 Å². The van der Waals surface area contributed by atoms with Gasteiger partial charge in [0.25, 0.3) is 0 Å². The van der Waals surface area contributed by atoms with Gasteiger partial charge < -0.3 is 13.9 Å². The number of anilines is 2. The second-order valence-electron chi connectivity index (χ2n) is 12.9. The van der Waals surface area contributed by atoms with Crippen LogP contribution in [0.4, 0.5) is 11.4 Å². The molecule has 3 heteroatoms. The van der Waals surface area contributed by atoms with Crippen molar-refractivity contribution in [2.75, 3.05) is 11.4 Å². The predicted octanol–water partition coefficient (Wildman–Crippen LogP) is 10.7. The Kier molecular flexibility index (Phi) is 4.63. The number of benzene rings is 6. The van der Waals surface area contributed by atoms with Crippen LogP contribution < -0.4 is 4.90 Å². The topological polar surface area (TPSA) is 21.3 Å². The number of aromatic nitrogens is 1. The highest BCUT2D eigenvalue weighted by Gasteiger charge is 2.37. The Hall–Kier alpha value is -5.28. The summed E-state index contributed by atoms with van der Waals surface area (Å²) in [6, 6.07) is 44.6. The molecule has 44 heavy (non-hydrogen) atoms. The molecule has 10 rings (SSSR count). The zero-order chi connectivity index (χ0) is 29.2. The maximum absolute atomic E-state index is 6.59. The Morgan fingerprint density at radius 1 is 0.636 bits per heavy atom. The van der Waals surface area contributed by atoms with Crippen LogP contribution >= 0.6 is 0 Å². The fraction of sp³-hybridized carbons (Fsp3) is 0.122. The second-order valence-corrected chi connectivity index (χ2v) is 12.9. The van der Waals surface area contributed by atoms with Crippen molar-refractivity contribution in [3.63, 3.8) is 0 Å². The molecule has 3 nitrogen and oxygen atoms in total. The third-order valence-corrected chi connectivity index (χ3v) is 10.3. The predicted molar refractivity (Wildman–Crippen MR) is 183 cm³/mol. The summed E-state index contributed by atoms with van der Waals surface area (Å²) in [4.78, 5) is 2.44. The third kappa shape index (κ3) is 3.06. The van der Waals surface area contributed by atoms with Crippen molar-refractivity contribution in [3.8, 4) is 16.8 Å². The average molecular weight is 567 g/mol. The molecule has 0 N–H and O–H groups in total. The molecule has 0 amide bonds. The lowest BCUT2D eigenvalue weighted by Gasteiger charge is -2.35. The quantitative estimate of drug-likeness (QED) is 0.208. The van der Waals surface area contributed by atoms with Gasteiger partial charge in [-0.3, -0.25) is 0 Å². The van der Waals surface area contributed by atoms with Gasteiger partial charge in [0, 0.05) is 39.5 Å². The molecule has 2 aliphatic rings. The Morgan fingerprint density at radius 3 is 2.27 bits per heavy atom. The van der Waals surface area contributed by atoms with Crippen molar-refractivity contribution in [1.29, 1.82) is 0 Å². The maximum atomic E-state index is 6.59. The van der Waals surface area contributed by atoms with Crippen LogP contribution in [0.5, 0.6) is 0 Å². The molecule has 2 aliphatic heterocycles. The Bertz CT molecular complexity index is 2470. The highest BCUT2D eigenvalue weighted by atomic mass is 16.3. The van der Waals surface area contributed by atoms with Gasteiger partial charge in [-0.05, 0) is 82.8 Å². The fourth-order valence-electron chi connectivity index (χ4n) is 8.06. The van der Waals surface area contributed by atoms with Crippen molar-refractivity contribution in [2.24, 2.45) is 0 Å². The highest BCUT2D eigenvalue weighted by molar-refractivity contribution is 6.25. The number of para-hydroxylation sites is 3. The second kappa shape index (κ2) is 8.42. The van der Waals surface area contributed by atoms with E-state index in [9.17, 15) is 0 Å². The van der Waals surface area contributed by atoms with E-state index in [1.165, 1.54) is 77.5 Å². The normalized spacial score (nSPS) is 15.0. The largest absolute Gasteiger partial charge is 0.455 e. The van der Waals surface area contributed by atoms with Gasteiger partial charge in [-0.2, -0.15) is 0 Å². The zero-order valence-corrected chi connectivity index (χ0v) is 24.8. The van der Waals surface area contributed by atoms with E-state index in [4.69, 9.17) is 4.42 Å². The molecule has 6 aromatic carbocycles. The molecular weight excluding hydrogens is 536 g/mol. The lowest BCUT2D eigenvalue weighted by Crippen LogP contribution is -2.26. The van der Waals surface area contributed by atoms with Gasteiger partial charge in [0.1, 0.15) is 11.2 Å². The molecule has 0 spiro atoms. The van der Waals surface area contributed by atoms with Crippen LogP contribution in [0.15, 0.2) is 126 Å². The van der Waals surface area contributed by atoms with Crippen molar-refractivity contribution in [2.45, 2.75) is 25.7 Å². The van der Waals surface area contributed by atoms with Gasteiger partial charge in [0.05, 0.1) is 22.1 Å². The molecule has 0 radical (unpaired) electrons. The molecule has 0 fully saturated rings. The van der Waals surface area contributed by atoms with Crippen LogP contribution in [-0.4, -0.2) is 11.1 Å². The van der Waals surface area contributed by atoms with E-state index in [0.717, 1.165) is 24.1 Å². The minimum absolute atomic E-state index is 0.209. The molecule has 4 heterocycles. The van der Waals surface area contributed by atoms with E-state index in [-0.39, 0.29) is 5.41 Å². The Morgan fingerprint density at radius 2 is 1.39 bits per heavy atom.